The van der Waals surface area contributed by atoms with Gasteiger partial charge in [-0.3, -0.25) is 0 Å². The van der Waals surface area contributed by atoms with E-state index < -0.39 is 17.7 Å². The molecule has 1 amide bonds. The quantitative estimate of drug-likeness (QED) is 0.546. The molecule has 0 aromatic carbocycles. The number of pyridine rings is 1. The van der Waals surface area contributed by atoms with Gasteiger partial charge < -0.3 is 24.6 Å². The summed E-state index contributed by atoms with van der Waals surface area (Å²) in [5.41, 5.74) is 1.10. The molecule has 2 aromatic heterocycles. The van der Waals surface area contributed by atoms with E-state index in [1.165, 1.54) is 19.3 Å². The van der Waals surface area contributed by atoms with Crippen LogP contribution in [0, 0.1) is 12.8 Å². The van der Waals surface area contributed by atoms with Crippen LogP contribution in [-0.4, -0.2) is 62.0 Å². The number of hydrogen-bond acceptors (Lipinski definition) is 8. The Morgan fingerprint density at radius 1 is 1.31 bits per heavy atom. The Kier molecular flexibility index (Phi) is 7.54. The summed E-state index contributed by atoms with van der Waals surface area (Å²) >= 11 is 0. The zero-order valence-electron chi connectivity index (χ0n) is 20.5. The van der Waals surface area contributed by atoms with Crippen molar-refractivity contribution in [2.24, 2.45) is 13.0 Å². The molecule has 3 heterocycles. The van der Waals surface area contributed by atoms with E-state index in [4.69, 9.17) is 14.2 Å². The maximum absolute atomic E-state index is 12.1. The fraction of sp³-hybridized carbons (Fsp3) is 0.625. The summed E-state index contributed by atoms with van der Waals surface area (Å²) in [6.07, 6.45) is 4.84. The summed E-state index contributed by atoms with van der Waals surface area (Å²) in [6, 6.07) is 3.56. The molecule has 0 spiro atoms. The minimum absolute atomic E-state index is 0.0168. The topological polar surface area (TPSA) is 138 Å². The highest BCUT2D eigenvalue weighted by Crippen LogP contribution is 2.31. The number of aryl methyl sites for hydroxylation is 2. The molecule has 2 aliphatic rings. The Labute approximate surface area is 204 Å². The van der Waals surface area contributed by atoms with Crippen molar-refractivity contribution in [2.75, 3.05) is 13.2 Å². The summed E-state index contributed by atoms with van der Waals surface area (Å²) in [5, 5.41) is 20.5. The van der Waals surface area contributed by atoms with Gasteiger partial charge in [0.15, 0.2) is 5.60 Å². The van der Waals surface area contributed by atoms with E-state index in [0.29, 0.717) is 48.1 Å². The molecule has 0 radical (unpaired) electrons. The molecule has 35 heavy (non-hydrogen) atoms. The highest BCUT2D eigenvalue weighted by molar-refractivity contribution is 5.77. The van der Waals surface area contributed by atoms with Crippen molar-refractivity contribution in [2.45, 2.75) is 70.7 Å². The predicted molar refractivity (Wildman–Crippen MR) is 125 cm³/mol. The highest BCUT2D eigenvalue weighted by Gasteiger charge is 2.41. The SMILES string of the molecule is Cc1nc(-c2nnn(C)c2COC(=O)NCCC2CCC2)ccc1OC1CCOC(C)(C(=O)O)C1. The lowest BCUT2D eigenvalue weighted by atomic mass is 9.83. The van der Waals surface area contributed by atoms with Crippen LogP contribution in [0.2, 0.25) is 0 Å². The second-order valence-corrected chi connectivity index (χ2v) is 9.49. The lowest BCUT2D eigenvalue weighted by Crippen LogP contribution is -2.47. The minimum Gasteiger partial charge on any atom is -0.488 e. The van der Waals surface area contributed by atoms with Gasteiger partial charge in [-0.25, -0.2) is 19.3 Å². The van der Waals surface area contributed by atoms with E-state index in [2.05, 4.69) is 20.6 Å². The van der Waals surface area contributed by atoms with E-state index >= 15 is 0 Å². The third-order valence-electron chi connectivity index (χ3n) is 6.83. The van der Waals surface area contributed by atoms with Crippen molar-refractivity contribution >= 4 is 12.1 Å². The van der Waals surface area contributed by atoms with Gasteiger partial charge in [0.25, 0.3) is 0 Å². The standard InChI is InChI=1S/C24H33N5O6/c1-15-20(35-17-10-12-34-24(2,13-17)22(30)31)8-7-18(26-15)21-19(29(3)28-27-21)14-33-23(32)25-11-9-16-5-4-6-16/h7-8,16-17H,4-6,9-14H2,1-3H3,(H,25,32)(H,30,31). The van der Waals surface area contributed by atoms with Gasteiger partial charge in [-0.05, 0) is 38.3 Å². The molecule has 1 aliphatic heterocycles. The van der Waals surface area contributed by atoms with Crippen molar-refractivity contribution in [1.82, 2.24) is 25.3 Å². The molecule has 1 saturated heterocycles. The third-order valence-corrected chi connectivity index (χ3v) is 6.83. The summed E-state index contributed by atoms with van der Waals surface area (Å²) in [4.78, 5) is 28.2. The molecule has 11 nitrogen and oxygen atoms in total. The summed E-state index contributed by atoms with van der Waals surface area (Å²) in [7, 11) is 1.73. The molecule has 4 rings (SSSR count). The zero-order chi connectivity index (χ0) is 25.0. The molecule has 2 atom stereocenters. The second kappa shape index (κ2) is 10.6. The van der Waals surface area contributed by atoms with Gasteiger partial charge >= 0.3 is 12.1 Å². The van der Waals surface area contributed by atoms with Crippen LogP contribution in [0.3, 0.4) is 0 Å². The fourth-order valence-electron chi connectivity index (χ4n) is 4.33. The highest BCUT2D eigenvalue weighted by atomic mass is 16.6. The van der Waals surface area contributed by atoms with Crippen LogP contribution >= 0.6 is 0 Å². The number of carboxylic acid groups (broad SMARTS) is 1. The van der Waals surface area contributed by atoms with E-state index in [9.17, 15) is 14.7 Å². The smallest absolute Gasteiger partial charge is 0.407 e. The summed E-state index contributed by atoms with van der Waals surface area (Å²) < 4.78 is 18.5. The van der Waals surface area contributed by atoms with E-state index in [0.717, 1.165) is 12.3 Å². The van der Waals surface area contributed by atoms with E-state index in [1.807, 2.05) is 6.92 Å². The average molecular weight is 488 g/mol. The van der Waals surface area contributed by atoms with Crippen LogP contribution < -0.4 is 10.1 Å². The van der Waals surface area contributed by atoms with Crippen LogP contribution in [0.1, 0.15) is 56.8 Å². The number of aliphatic carboxylic acids is 1. The number of amides is 1. The molecule has 190 valence electrons. The van der Waals surface area contributed by atoms with Gasteiger partial charge in [0.1, 0.15) is 29.8 Å². The van der Waals surface area contributed by atoms with Crippen molar-refractivity contribution in [3.05, 3.63) is 23.5 Å². The first kappa shape index (κ1) is 24.9. The summed E-state index contributed by atoms with van der Waals surface area (Å²) in [6.45, 7) is 4.32. The third kappa shape index (κ3) is 5.90. The molecule has 11 heteroatoms. The monoisotopic (exact) mass is 487 g/mol. The van der Waals surface area contributed by atoms with Crippen molar-refractivity contribution < 1.29 is 28.9 Å². The number of nitrogens with zero attached hydrogens (tertiary/aromatic N) is 4. The molecule has 2 N–H and O–H groups in total. The van der Waals surface area contributed by atoms with Crippen molar-refractivity contribution in [1.29, 1.82) is 0 Å². The Morgan fingerprint density at radius 2 is 2.11 bits per heavy atom. The number of nitrogens with one attached hydrogen (secondary N) is 1. The number of alkyl carbamates (subject to hydrolysis) is 1. The van der Waals surface area contributed by atoms with Gasteiger partial charge in [0.2, 0.25) is 0 Å². The number of hydrogen-bond donors (Lipinski definition) is 2. The fourth-order valence-corrected chi connectivity index (χ4v) is 4.33. The maximum atomic E-state index is 12.1. The Balaban J connectivity index is 1.37. The molecule has 2 unspecified atom stereocenters. The van der Waals surface area contributed by atoms with Gasteiger partial charge in [0.05, 0.1) is 18.0 Å². The Morgan fingerprint density at radius 3 is 2.80 bits per heavy atom. The van der Waals surface area contributed by atoms with Gasteiger partial charge in [-0.15, -0.1) is 5.10 Å². The lowest BCUT2D eigenvalue weighted by Gasteiger charge is -2.35. The van der Waals surface area contributed by atoms with Gasteiger partial charge in [-0.1, -0.05) is 24.5 Å². The zero-order valence-corrected chi connectivity index (χ0v) is 20.5. The second-order valence-electron chi connectivity index (χ2n) is 9.49. The van der Waals surface area contributed by atoms with Crippen molar-refractivity contribution in [3.63, 3.8) is 0 Å². The van der Waals surface area contributed by atoms with Crippen LogP contribution in [0.4, 0.5) is 4.79 Å². The number of rotatable bonds is 9. The largest absolute Gasteiger partial charge is 0.488 e. The average Bonchev–Trinajstić information content (AvgIpc) is 3.15. The molecule has 2 fully saturated rings. The molecular weight excluding hydrogens is 454 g/mol. The van der Waals surface area contributed by atoms with Gasteiger partial charge in [0, 0.05) is 26.4 Å². The number of aromatic nitrogens is 4. The number of carbonyl (C=O) groups excluding carboxylic acids is 1. The number of carbonyl (C=O) groups is 2. The van der Waals surface area contributed by atoms with Crippen LogP contribution in [0.15, 0.2) is 12.1 Å². The predicted octanol–water partition coefficient (Wildman–Crippen LogP) is 3.00. The molecular formula is C24H33N5O6. The van der Waals surface area contributed by atoms with Crippen LogP contribution in [-0.2, 0) is 27.9 Å². The first-order chi connectivity index (χ1) is 16.7. The van der Waals surface area contributed by atoms with Crippen LogP contribution in [0.25, 0.3) is 11.4 Å². The summed E-state index contributed by atoms with van der Waals surface area (Å²) in [5.74, 6) is 0.291. The number of carboxylic acids is 1. The lowest BCUT2D eigenvalue weighted by molar-refractivity contribution is -0.175. The molecule has 0 bridgehead atoms. The minimum atomic E-state index is -1.26. The first-order valence-electron chi connectivity index (χ1n) is 12.1. The Hall–Kier alpha value is -3.21. The van der Waals surface area contributed by atoms with E-state index in [-0.39, 0.29) is 19.1 Å². The maximum Gasteiger partial charge on any atom is 0.407 e. The normalized spacial score (nSPS) is 22.3. The molecule has 1 aliphatic carbocycles. The van der Waals surface area contributed by atoms with E-state index in [1.54, 1.807) is 30.8 Å². The van der Waals surface area contributed by atoms with Crippen molar-refractivity contribution in [3.8, 4) is 17.1 Å². The van der Waals surface area contributed by atoms with Crippen LogP contribution in [0.5, 0.6) is 5.75 Å². The number of ether oxygens (including phenoxy) is 3. The first-order valence-corrected chi connectivity index (χ1v) is 12.1. The van der Waals surface area contributed by atoms with Gasteiger partial charge in [-0.2, -0.15) is 0 Å². The Bertz CT molecular complexity index is 1070. The molecule has 1 saturated carbocycles. The molecule has 2 aromatic rings.